The van der Waals surface area contributed by atoms with E-state index in [1.165, 1.54) is 32.1 Å². The summed E-state index contributed by atoms with van der Waals surface area (Å²) < 4.78 is 0. The number of unbranched alkanes of at least 4 members (excludes halogenated alkanes) is 3. The van der Waals surface area contributed by atoms with E-state index in [1.807, 2.05) is 0 Å². The summed E-state index contributed by atoms with van der Waals surface area (Å²) in [6, 6.07) is 0. The van der Waals surface area contributed by atoms with Crippen molar-refractivity contribution in [3.63, 3.8) is 0 Å². The third kappa shape index (κ3) is 5.27. The van der Waals surface area contributed by atoms with Crippen molar-refractivity contribution in [3.8, 4) is 0 Å². The van der Waals surface area contributed by atoms with E-state index < -0.39 is 0 Å². The summed E-state index contributed by atoms with van der Waals surface area (Å²) in [5.41, 5.74) is 0.164. The predicted octanol–water partition coefficient (Wildman–Crippen LogP) is 4.44. The van der Waals surface area contributed by atoms with Gasteiger partial charge in [-0.2, -0.15) is 0 Å². The Morgan fingerprint density at radius 2 is 1.58 bits per heavy atom. The Bertz CT molecular complexity index is 98.0. The van der Waals surface area contributed by atoms with Crippen LogP contribution in [0.4, 0.5) is 0 Å². The van der Waals surface area contributed by atoms with Crippen LogP contribution >= 0.6 is 23.2 Å². The second kappa shape index (κ2) is 7.03. The highest BCUT2D eigenvalue weighted by molar-refractivity contribution is 6.21. The first-order chi connectivity index (χ1) is 5.68. The molecule has 0 radical (unpaired) electrons. The molecule has 0 nitrogen and oxygen atoms in total. The van der Waals surface area contributed by atoms with Gasteiger partial charge in [0, 0.05) is 11.8 Å². The maximum atomic E-state index is 5.84. The van der Waals surface area contributed by atoms with Gasteiger partial charge in [0.25, 0.3) is 0 Å². The molecule has 0 saturated heterocycles. The third-order valence-electron chi connectivity index (χ3n) is 2.28. The minimum atomic E-state index is 0.164. The summed E-state index contributed by atoms with van der Waals surface area (Å²) >= 11 is 11.7. The van der Waals surface area contributed by atoms with Crippen LogP contribution in [0, 0.1) is 5.41 Å². The lowest BCUT2D eigenvalue weighted by molar-refractivity contribution is 0.369. The van der Waals surface area contributed by atoms with E-state index in [0.29, 0.717) is 11.8 Å². The van der Waals surface area contributed by atoms with Crippen LogP contribution in [0.2, 0.25) is 0 Å². The van der Waals surface area contributed by atoms with Crippen LogP contribution in [0.3, 0.4) is 0 Å². The van der Waals surface area contributed by atoms with Gasteiger partial charge in [0.05, 0.1) is 0 Å². The fourth-order valence-electron chi connectivity index (χ4n) is 1.15. The van der Waals surface area contributed by atoms with E-state index in [0.717, 1.165) is 0 Å². The van der Waals surface area contributed by atoms with Crippen LogP contribution in [0.25, 0.3) is 0 Å². The van der Waals surface area contributed by atoms with Gasteiger partial charge in [-0.25, -0.2) is 0 Å². The minimum Gasteiger partial charge on any atom is -0.126 e. The van der Waals surface area contributed by atoms with Crippen molar-refractivity contribution in [2.75, 3.05) is 11.8 Å². The summed E-state index contributed by atoms with van der Waals surface area (Å²) in [5.74, 6) is 1.37. The number of halogens is 2. The molecule has 0 aliphatic rings. The van der Waals surface area contributed by atoms with E-state index in [9.17, 15) is 0 Å². The van der Waals surface area contributed by atoms with Crippen LogP contribution in [-0.2, 0) is 0 Å². The molecule has 0 unspecified atom stereocenters. The van der Waals surface area contributed by atoms with Crippen LogP contribution in [0.1, 0.15) is 46.0 Å². The van der Waals surface area contributed by atoms with Gasteiger partial charge in [-0.1, -0.05) is 39.5 Å². The Morgan fingerprint density at radius 3 is 2.00 bits per heavy atom. The SMILES string of the molecule is CCCCCCC(C)(CCl)CCl. The zero-order chi connectivity index (χ0) is 9.45. The van der Waals surface area contributed by atoms with Gasteiger partial charge in [0.2, 0.25) is 0 Å². The molecule has 0 spiro atoms. The molecular weight excluding hydrogens is 191 g/mol. The molecule has 0 aromatic heterocycles. The summed E-state index contributed by atoms with van der Waals surface area (Å²) in [4.78, 5) is 0. The van der Waals surface area contributed by atoms with E-state index in [-0.39, 0.29) is 5.41 Å². The number of hydrogen-bond acceptors (Lipinski definition) is 0. The first-order valence-corrected chi connectivity index (χ1v) is 5.87. The molecule has 0 bridgehead atoms. The molecular formula is C10H20Cl2. The lowest BCUT2D eigenvalue weighted by Crippen LogP contribution is -2.20. The predicted molar refractivity (Wildman–Crippen MR) is 58.3 cm³/mol. The average Bonchev–Trinajstić information content (AvgIpc) is 2.12. The highest BCUT2D eigenvalue weighted by Gasteiger charge is 2.20. The maximum absolute atomic E-state index is 5.84. The standard InChI is InChI=1S/C10H20Cl2/c1-3-4-5-6-7-10(2,8-11)9-12/h3-9H2,1-2H3. The molecule has 0 N–H and O–H groups in total. The maximum Gasteiger partial charge on any atom is 0.0288 e. The highest BCUT2D eigenvalue weighted by atomic mass is 35.5. The second-order valence-corrected chi connectivity index (χ2v) is 4.42. The monoisotopic (exact) mass is 210 g/mol. The summed E-state index contributed by atoms with van der Waals surface area (Å²) in [6.45, 7) is 4.39. The zero-order valence-electron chi connectivity index (χ0n) is 8.21. The molecule has 0 fully saturated rings. The largest absolute Gasteiger partial charge is 0.126 e. The quantitative estimate of drug-likeness (QED) is 0.431. The molecule has 0 aromatic rings. The fraction of sp³-hybridized carbons (Fsp3) is 1.00. The summed E-state index contributed by atoms with van der Waals surface area (Å²) in [6.07, 6.45) is 6.38. The van der Waals surface area contributed by atoms with Crippen molar-refractivity contribution >= 4 is 23.2 Å². The van der Waals surface area contributed by atoms with Crippen molar-refractivity contribution < 1.29 is 0 Å². The number of hydrogen-bond donors (Lipinski definition) is 0. The third-order valence-corrected chi connectivity index (χ3v) is 3.57. The molecule has 2 heteroatoms. The Labute approximate surface area is 86.6 Å². The zero-order valence-corrected chi connectivity index (χ0v) is 9.72. The highest BCUT2D eigenvalue weighted by Crippen LogP contribution is 2.27. The Kier molecular flexibility index (Phi) is 7.37. The number of rotatable bonds is 7. The van der Waals surface area contributed by atoms with Crippen molar-refractivity contribution in [3.05, 3.63) is 0 Å². The van der Waals surface area contributed by atoms with Crippen LogP contribution < -0.4 is 0 Å². The van der Waals surface area contributed by atoms with Crippen molar-refractivity contribution in [1.29, 1.82) is 0 Å². The lowest BCUT2D eigenvalue weighted by Gasteiger charge is -2.23. The molecule has 0 aromatic carbocycles. The van der Waals surface area contributed by atoms with Crippen LogP contribution in [-0.4, -0.2) is 11.8 Å². The molecule has 12 heavy (non-hydrogen) atoms. The van der Waals surface area contributed by atoms with Crippen molar-refractivity contribution in [2.45, 2.75) is 46.0 Å². The van der Waals surface area contributed by atoms with Gasteiger partial charge in [0.15, 0.2) is 0 Å². The van der Waals surface area contributed by atoms with Crippen molar-refractivity contribution in [1.82, 2.24) is 0 Å². The molecule has 0 amide bonds. The topological polar surface area (TPSA) is 0 Å². The normalized spacial score (nSPS) is 12.0. The Balaban J connectivity index is 3.45. The van der Waals surface area contributed by atoms with Gasteiger partial charge < -0.3 is 0 Å². The van der Waals surface area contributed by atoms with Gasteiger partial charge in [-0.3, -0.25) is 0 Å². The Morgan fingerprint density at radius 1 is 1.00 bits per heavy atom. The summed E-state index contributed by atoms with van der Waals surface area (Å²) in [7, 11) is 0. The number of alkyl halides is 2. The smallest absolute Gasteiger partial charge is 0.0288 e. The molecule has 0 aliphatic carbocycles. The van der Waals surface area contributed by atoms with Crippen LogP contribution in [0.5, 0.6) is 0 Å². The van der Waals surface area contributed by atoms with E-state index in [2.05, 4.69) is 13.8 Å². The fourth-order valence-corrected chi connectivity index (χ4v) is 1.70. The molecule has 0 aliphatic heterocycles. The first-order valence-electron chi connectivity index (χ1n) is 4.80. The second-order valence-electron chi connectivity index (χ2n) is 3.89. The molecule has 0 saturated carbocycles. The molecule has 0 atom stereocenters. The first kappa shape index (κ1) is 12.6. The van der Waals surface area contributed by atoms with E-state index >= 15 is 0 Å². The molecule has 0 heterocycles. The Hall–Kier alpha value is 0.580. The molecule has 0 rings (SSSR count). The summed E-state index contributed by atoms with van der Waals surface area (Å²) in [5, 5.41) is 0. The van der Waals surface area contributed by atoms with Gasteiger partial charge in [-0.05, 0) is 11.8 Å². The van der Waals surface area contributed by atoms with E-state index in [4.69, 9.17) is 23.2 Å². The minimum absolute atomic E-state index is 0.164. The van der Waals surface area contributed by atoms with Crippen molar-refractivity contribution in [2.24, 2.45) is 5.41 Å². The van der Waals surface area contributed by atoms with Crippen LogP contribution in [0.15, 0.2) is 0 Å². The van der Waals surface area contributed by atoms with Gasteiger partial charge in [0.1, 0.15) is 0 Å². The van der Waals surface area contributed by atoms with Gasteiger partial charge in [-0.15, -0.1) is 23.2 Å². The lowest BCUT2D eigenvalue weighted by atomic mass is 9.89. The molecule has 74 valence electrons. The van der Waals surface area contributed by atoms with E-state index in [1.54, 1.807) is 0 Å². The average molecular weight is 211 g/mol. The van der Waals surface area contributed by atoms with Gasteiger partial charge >= 0.3 is 0 Å².